The van der Waals surface area contributed by atoms with Crippen LogP contribution in [-0.2, 0) is 24.1 Å². The largest absolute Gasteiger partial charge is 0.416 e. The van der Waals surface area contributed by atoms with Crippen molar-refractivity contribution in [1.82, 2.24) is 19.7 Å². The number of amides is 1. The quantitative estimate of drug-likeness (QED) is 0.372. The average Bonchev–Trinajstić information content (AvgIpc) is 3.11. The number of aromatic nitrogens is 3. The molecule has 15 heteroatoms. The Morgan fingerprint density at radius 2 is 1.70 bits per heavy atom. The number of benzene rings is 2. The van der Waals surface area contributed by atoms with Crippen molar-refractivity contribution in [3.05, 3.63) is 75.2 Å². The van der Waals surface area contributed by atoms with Crippen molar-refractivity contribution >= 4 is 17.5 Å². The molecule has 0 aliphatic rings. The van der Waals surface area contributed by atoms with Crippen LogP contribution in [0.4, 0.5) is 26.3 Å². The minimum atomic E-state index is -5.03. The topological polar surface area (TPSA) is 115 Å². The second kappa shape index (κ2) is 10.9. The molecule has 2 aromatic carbocycles. The van der Waals surface area contributed by atoms with Crippen LogP contribution in [0.15, 0.2) is 53.3 Å². The van der Waals surface area contributed by atoms with Gasteiger partial charge in [-0.05, 0) is 35.9 Å². The molecule has 0 aliphatic heterocycles. The van der Waals surface area contributed by atoms with Crippen molar-refractivity contribution in [1.29, 1.82) is 0 Å². The van der Waals surface area contributed by atoms with Crippen LogP contribution in [0, 0.1) is 0 Å². The summed E-state index contributed by atoms with van der Waals surface area (Å²) < 4.78 is 79.6. The third-order valence-electron chi connectivity index (χ3n) is 5.24. The summed E-state index contributed by atoms with van der Waals surface area (Å²) >= 11 is 5.82. The van der Waals surface area contributed by atoms with E-state index in [0.717, 1.165) is 12.1 Å². The lowest BCUT2D eigenvalue weighted by atomic mass is 10.0. The van der Waals surface area contributed by atoms with E-state index in [-0.39, 0.29) is 17.0 Å². The van der Waals surface area contributed by atoms with Gasteiger partial charge in [0.05, 0.1) is 12.1 Å². The van der Waals surface area contributed by atoms with Crippen LogP contribution in [0.3, 0.4) is 0 Å². The lowest BCUT2D eigenvalue weighted by Crippen LogP contribution is -2.39. The Morgan fingerprint density at radius 1 is 1.08 bits per heavy atom. The van der Waals surface area contributed by atoms with Gasteiger partial charge in [-0.25, -0.2) is 9.48 Å². The van der Waals surface area contributed by atoms with Crippen molar-refractivity contribution in [2.45, 2.75) is 37.6 Å². The van der Waals surface area contributed by atoms with Crippen LogP contribution in [0.5, 0.6) is 0 Å². The second-order valence-electron chi connectivity index (χ2n) is 7.93. The molecule has 0 aliphatic carbocycles. The smallest absolute Gasteiger partial charge is 0.382 e. The van der Waals surface area contributed by atoms with E-state index in [1.165, 1.54) is 36.4 Å². The number of aliphatic hydroxyl groups is 1. The first-order chi connectivity index (χ1) is 17.2. The molecule has 0 spiro atoms. The summed E-state index contributed by atoms with van der Waals surface area (Å²) in [5, 5.41) is 16.0. The van der Waals surface area contributed by atoms with Gasteiger partial charge in [0.2, 0.25) is 5.91 Å². The lowest BCUT2D eigenvalue weighted by molar-refractivity contribution is -0.207. The van der Waals surface area contributed by atoms with E-state index in [1.807, 2.05) is 0 Å². The molecule has 0 saturated heterocycles. The van der Waals surface area contributed by atoms with Gasteiger partial charge in [-0.15, -0.1) is 5.10 Å². The standard InChI is InChI=1S/C22H20ClF6N5O3/c23-13-7-5-12(6-8-13)19-32-34(20(37)33(19)10-17(35)22(27,28)29)11-18(36)31-9-16(30)14-3-1-2-4-15(14)21(24,25)26/h1-8,16-17,35H,9-11,30H2,(H,31,36). The number of nitrogens with one attached hydrogen (secondary N) is 1. The molecule has 0 bridgehead atoms. The Hall–Kier alpha value is -3.36. The zero-order chi connectivity index (χ0) is 27.5. The van der Waals surface area contributed by atoms with Crippen LogP contribution < -0.4 is 16.7 Å². The SMILES string of the molecule is NC(CNC(=O)Cn1nc(-c2ccc(Cl)cc2)n(CC(O)C(F)(F)F)c1=O)c1ccccc1C(F)(F)F. The predicted molar refractivity (Wildman–Crippen MR) is 120 cm³/mol. The molecule has 0 saturated carbocycles. The van der Waals surface area contributed by atoms with E-state index in [2.05, 4.69) is 10.4 Å². The van der Waals surface area contributed by atoms with Crippen LogP contribution in [0.25, 0.3) is 11.4 Å². The highest BCUT2D eigenvalue weighted by Crippen LogP contribution is 2.33. The lowest BCUT2D eigenvalue weighted by Gasteiger charge is -2.18. The zero-order valence-electron chi connectivity index (χ0n) is 18.7. The Bertz CT molecular complexity index is 1300. The highest BCUT2D eigenvalue weighted by atomic mass is 35.5. The summed E-state index contributed by atoms with van der Waals surface area (Å²) in [5.74, 6) is -1.15. The third-order valence-corrected chi connectivity index (χ3v) is 5.49. The average molecular weight is 552 g/mol. The van der Waals surface area contributed by atoms with E-state index in [4.69, 9.17) is 17.3 Å². The molecule has 0 radical (unpaired) electrons. The number of nitrogens with two attached hydrogens (primary N) is 1. The molecule has 4 N–H and O–H groups in total. The minimum Gasteiger partial charge on any atom is -0.382 e. The molecule has 1 aromatic heterocycles. The molecule has 2 unspecified atom stereocenters. The van der Waals surface area contributed by atoms with Crippen LogP contribution in [0.2, 0.25) is 5.02 Å². The second-order valence-corrected chi connectivity index (χ2v) is 8.37. The van der Waals surface area contributed by atoms with Gasteiger partial charge in [0, 0.05) is 23.2 Å². The van der Waals surface area contributed by atoms with Gasteiger partial charge >= 0.3 is 18.0 Å². The zero-order valence-corrected chi connectivity index (χ0v) is 19.5. The summed E-state index contributed by atoms with van der Waals surface area (Å²) in [6.45, 7) is -2.40. The maximum absolute atomic E-state index is 13.2. The maximum Gasteiger partial charge on any atom is 0.416 e. The van der Waals surface area contributed by atoms with Crippen LogP contribution in [-0.4, -0.2) is 44.2 Å². The Labute approximate surface area is 210 Å². The molecule has 1 amide bonds. The van der Waals surface area contributed by atoms with E-state index in [1.54, 1.807) is 0 Å². The van der Waals surface area contributed by atoms with Crippen molar-refractivity contribution in [3.63, 3.8) is 0 Å². The van der Waals surface area contributed by atoms with Gasteiger partial charge in [0.25, 0.3) is 0 Å². The number of carbonyl (C=O) groups excluding carboxylic acids is 1. The highest BCUT2D eigenvalue weighted by molar-refractivity contribution is 6.30. The predicted octanol–water partition coefficient (Wildman–Crippen LogP) is 3.12. The molecule has 200 valence electrons. The third kappa shape index (κ3) is 6.90. The molecule has 2 atom stereocenters. The maximum atomic E-state index is 13.2. The fourth-order valence-corrected chi connectivity index (χ4v) is 3.53. The van der Waals surface area contributed by atoms with Gasteiger partial charge < -0.3 is 16.2 Å². The van der Waals surface area contributed by atoms with Gasteiger partial charge in [-0.2, -0.15) is 26.3 Å². The van der Waals surface area contributed by atoms with Gasteiger partial charge in [0.15, 0.2) is 11.9 Å². The number of nitrogens with zero attached hydrogens (tertiary/aromatic N) is 3. The molecule has 0 fully saturated rings. The Kier molecular flexibility index (Phi) is 8.35. The van der Waals surface area contributed by atoms with E-state index in [9.17, 15) is 41.0 Å². The monoisotopic (exact) mass is 551 g/mol. The summed E-state index contributed by atoms with van der Waals surface area (Å²) in [5.41, 5.74) is 3.65. The van der Waals surface area contributed by atoms with Gasteiger partial charge in [-0.1, -0.05) is 29.8 Å². The minimum absolute atomic E-state index is 0.181. The van der Waals surface area contributed by atoms with Gasteiger partial charge in [-0.3, -0.25) is 9.36 Å². The van der Waals surface area contributed by atoms with E-state index in [0.29, 0.717) is 14.3 Å². The number of rotatable bonds is 8. The normalized spacial score (nSPS) is 13.9. The van der Waals surface area contributed by atoms with Crippen molar-refractivity contribution in [2.24, 2.45) is 5.73 Å². The molecular weight excluding hydrogens is 532 g/mol. The van der Waals surface area contributed by atoms with Crippen molar-refractivity contribution in [2.75, 3.05) is 6.54 Å². The number of carbonyl (C=O) groups is 1. The fraction of sp³-hybridized carbons (Fsp3) is 0.318. The number of hydrogen-bond donors (Lipinski definition) is 3. The first-order valence-corrected chi connectivity index (χ1v) is 10.9. The number of halogens is 7. The fourth-order valence-electron chi connectivity index (χ4n) is 3.40. The molecule has 37 heavy (non-hydrogen) atoms. The molecule has 1 heterocycles. The van der Waals surface area contributed by atoms with E-state index < -0.39 is 61.3 Å². The Balaban J connectivity index is 1.81. The molecule has 3 rings (SSSR count). The van der Waals surface area contributed by atoms with Crippen LogP contribution in [0.1, 0.15) is 17.2 Å². The van der Waals surface area contributed by atoms with Gasteiger partial charge in [0.1, 0.15) is 6.54 Å². The van der Waals surface area contributed by atoms with Crippen LogP contribution >= 0.6 is 11.6 Å². The number of hydrogen-bond acceptors (Lipinski definition) is 5. The number of aliphatic hydroxyl groups excluding tert-OH is 1. The Morgan fingerprint density at radius 3 is 2.30 bits per heavy atom. The van der Waals surface area contributed by atoms with Crippen molar-refractivity contribution < 1.29 is 36.2 Å². The molecular formula is C22H20ClF6N5O3. The first-order valence-electron chi connectivity index (χ1n) is 10.5. The first kappa shape index (κ1) is 28.2. The summed E-state index contributed by atoms with van der Waals surface area (Å²) in [6, 6.07) is 8.86. The molecule has 3 aromatic rings. The highest BCUT2D eigenvalue weighted by Gasteiger charge is 2.39. The van der Waals surface area contributed by atoms with E-state index >= 15 is 0 Å². The number of alkyl halides is 6. The summed E-state index contributed by atoms with van der Waals surface area (Å²) in [6.07, 6.45) is -12.6. The van der Waals surface area contributed by atoms with Crippen molar-refractivity contribution in [3.8, 4) is 11.4 Å². The summed E-state index contributed by atoms with van der Waals surface area (Å²) in [4.78, 5) is 25.2. The summed E-state index contributed by atoms with van der Waals surface area (Å²) in [7, 11) is 0. The molecule has 8 nitrogen and oxygen atoms in total.